The number of imide groups is 1. The van der Waals surface area contributed by atoms with E-state index >= 15 is 0 Å². The Bertz CT molecular complexity index is 2190. The molecule has 6 amide bonds. The molecular weight excluding hydrogens is 1060 g/mol. The Morgan fingerprint density at radius 1 is 0.795 bits per heavy atom. The van der Waals surface area contributed by atoms with Crippen molar-refractivity contribution in [3.05, 3.63) is 36.0 Å². The van der Waals surface area contributed by atoms with E-state index in [4.69, 9.17) is 23.7 Å². The van der Waals surface area contributed by atoms with Crippen LogP contribution in [0.4, 0.5) is 0 Å². The molecule has 2 aromatic rings. The highest BCUT2D eigenvalue weighted by Gasteiger charge is 2.47. The van der Waals surface area contributed by atoms with Crippen molar-refractivity contribution < 1.29 is 57.2 Å². The fraction of sp³-hybridized carbons (Fsp3) is 0.766. The largest absolute Gasteiger partial charge is 0.381 e. The number of nitrogens with zero attached hydrogens (tertiary/aromatic N) is 3. The Morgan fingerprint density at radius 2 is 1.39 bits per heavy atom. The number of ketones is 1. The molecular formula is C64H115N7O12. The lowest BCUT2D eigenvalue weighted by molar-refractivity contribution is -0.143. The second-order valence-corrected chi connectivity index (χ2v) is 22.0. The number of para-hydroxylation sites is 1. The number of fused-ring (bicyclic) bond motifs is 1. The lowest BCUT2D eigenvalue weighted by atomic mass is 9.86. The number of H-pyrrole nitrogens is 1. The van der Waals surface area contributed by atoms with Crippen LogP contribution in [0.2, 0.25) is 0 Å². The van der Waals surface area contributed by atoms with Crippen LogP contribution in [0.5, 0.6) is 0 Å². The number of likely N-dealkylation sites (tertiary alicyclic amines) is 2. The molecule has 0 radical (unpaired) electrons. The van der Waals surface area contributed by atoms with E-state index in [-0.39, 0.29) is 90.1 Å². The second kappa shape index (κ2) is 42.1. The minimum Gasteiger partial charge on any atom is -0.381 e. The molecule has 0 saturated carbocycles. The number of Topliss-reactive ketones (excluding diaryl/α,β-unsaturated/α-hetero) is 1. The topological polar surface area (TPSA) is 227 Å². The van der Waals surface area contributed by atoms with Crippen LogP contribution in [0.25, 0.3) is 10.9 Å². The number of aromatic amines is 1. The van der Waals surface area contributed by atoms with Gasteiger partial charge in [0.1, 0.15) is 6.04 Å². The van der Waals surface area contributed by atoms with Crippen molar-refractivity contribution in [3.8, 4) is 0 Å². The number of likely N-dealkylation sites (N-methyl/N-ethyl adjacent to an activating group) is 2. The van der Waals surface area contributed by atoms with E-state index in [1.807, 2.05) is 130 Å². The zero-order chi connectivity index (χ0) is 63.6. The average molecular weight is 1170 g/mol. The molecule has 478 valence electrons. The van der Waals surface area contributed by atoms with Gasteiger partial charge in [0.25, 0.3) is 0 Å². The normalized spacial score (nSPS) is 18.7. The predicted octanol–water partition coefficient (Wildman–Crippen LogP) is 8.65. The van der Waals surface area contributed by atoms with Crippen molar-refractivity contribution in [2.45, 2.75) is 199 Å². The molecule has 1 aromatic carbocycles. The van der Waals surface area contributed by atoms with Gasteiger partial charge in [-0.25, -0.2) is 0 Å². The van der Waals surface area contributed by atoms with Gasteiger partial charge in [-0.15, -0.1) is 0 Å². The van der Waals surface area contributed by atoms with Crippen LogP contribution in [-0.2, 0) is 63.7 Å². The first kappa shape index (κ1) is 78.2. The maximum Gasteiger partial charge on any atom is 0.242 e. The van der Waals surface area contributed by atoms with Gasteiger partial charge in [0.2, 0.25) is 35.4 Å². The summed E-state index contributed by atoms with van der Waals surface area (Å²) in [5.74, 6) is -0.717. The number of nitrogens with one attached hydrogen (secondary N) is 4. The van der Waals surface area contributed by atoms with Crippen LogP contribution >= 0.6 is 0 Å². The Labute approximate surface area is 500 Å². The summed E-state index contributed by atoms with van der Waals surface area (Å²) in [5.41, 5.74) is 1.35. The minimum atomic E-state index is -0.748. The average Bonchev–Trinajstić information content (AvgIpc) is 4.37. The van der Waals surface area contributed by atoms with Gasteiger partial charge in [0, 0.05) is 64.3 Å². The molecule has 0 aliphatic carbocycles. The molecule has 19 nitrogen and oxygen atoms in total. The smallest absolute Gasteiger partial charge is 0.242 e. The maximum absolute atomic E-state index is 13.5. The summed E-state index contributed by atoms with van der Waals surface area (Å²) in [4.78, 5) is 97.3. The van der Waals surface area contributed by atoms with Crippen molar-refractivity contribution in [3.63, 3.8) is 0 Å². The van der Waals surface area contributed by atoms with Crippen LogP contribution in [-0.4, -0.2) is 185 Å². The Kier molecular flexibility index (Phi) is 39.7. The highest BCUT2D eigenvalue weighted by atomic mass is 16.5. The molecule has 2 aliphatic rings. The Balaban J connectivity index is 0.00000149. The molecule has 1 aromatic heterocycles. The lowest BCUT2D eigenvalue weighted by Crippen LogP contribution is -2.54. The Hall–Kier alpha value is -4.79. The number of aromatic nitrogens is 1. The molecule has 10 atom stereocenters. The molecule has 0 spiro atoms. The number of hydrogen-bond donors (Lipinski definition) is 4. The zero-order valence-corrected chi connectivity index (χ0v) is 55.3. The molecule has 19 heteroatoms. The Morgan fingerprint density at radius 3 is 1.90 bits per heavy atom. The van der Waals surface area contributed by atoms with Gasteiger partial charge < -0.3 is 49.5 Å². The third kappa shape index (κ3) is 24.6. The predicted molar refractivity (Wildman–Crippen MR) is 332 cm³/mol. The van der Waals surface area contributed by atoms with Crippen molar-refractivity contribution in [1.29, 1.82) is 0 Å². The number of methoxy groups -OCH3 is 2. The summed E-state index contributed by atoms with van der Waals surface area (Å²) >= 11 is 0. The van der Waals surface area contributed by atoms with Crippen LogP contribution in [0.1, 0.15) is 162 Å². The first-order valence-electron chi connectivity index (χ1n) is 31.0. The monoisotopic (exact) mass is 1170 g/mol. The van der Waals surface area contributed by atoms with E-state index in [2.05, 4.69) is 41.7 Å². The second-order valence-electron chi connectivity index (χ2n) is 22.0. The van der Waals surface area contributed by atoms with Crippen molar-refractivity contribution in [2.24, 2.45) is 35.0 Å². The number of ether oxygens (including phenoxy) is 5. The van der Waals surface area contributed by atoms with Crippen LogP contribution in [0.15, 0.2) is 30.5 Å². The van der Waals surface area contributed by atoms with E-state index in [0.717, 1.165) is 35.7 Å². The van der Waals surface area contributed by atoms with Gasteiger partial charge >= 0.3 is 0 Å². The lowest BCUT2D eigenvalue weighted by Gasteiger charge is -2.35. The van der Waals surface area contributed by atoms with Gasteiger partial charge in [0.15, 0.2) is 5.78 Å². The summed E-state index contributed by atoms with van der Waals surface area (Å²) in [6.07, 6.45) is 5.42. The molecule has 4 N–H and O–H groups in total. The van der Waals surface area contributed by atoms with Gasteiger partial charge in [-0.05, 0) is 68.5 Å². The zero-order valence-electron chi connectivity index (χ0n) is 55.3. The standard InChI is InChI=1S/C31H48N4O5.C27H49N3O7.3C2H6/c1-8-19(2)20(3)27(39-6)17-28(36)35-15-11-14-26(35)29(40-7)21(4)30(37)34-25(31(38)32-5)16-22-18-33-24-13-10-9-12-23(22)24;1-9-27(7)18-22(32)30(26(27)34)11-13-36-15-17-37-16-14-35-12-10-29(8)24(20(4)5)25(33)28-23(19(2)3)21(6)31;3*1-2/h9-10,12-13,18-21,25-27,29,33H,8,11,14-17H2,1-7H3,(H,32,38)(H,34,37);19-20,23-24H,9-18H2,1-8H3,(H,28,33);3*1-2H3/t19?,20-,21?,25-,26?,27?,29?;23-,24?,27?;;;/m00.../s1. The summed E-state index contributed by atoms with van der Waals surface area (Å²) in [5, 5.41) is 9.56. The third-order valence-corrected chi connectivity index (χ3v) is 15.9. The summed E-state index contributed by atoms with van der Waals surface area (Å²) < 4.78 is 28.3. The fourth-order valence-corrected chi connectivity index (χ4v) is 10.5. The van der Waals surface area contributed by atoms with Crippen molar-refractivity contribution in [2.75, 3.05) is 87.6 Å². The third-order valence-electron chi connectivity index (χ3n) is 15.9. The number of benzene rings is 1. The summed E-state index contributed by atoms with van der Waals surface area (Å²) in [7, 11) is 6.70. The SMILES string of the molecule is CC.CC.CC.CCC(C)[C@H](C)C(CC(=O)N1CCCC1C(OC)C(C)C(=O)N[C@@H](Cc1c[nH]c2ccccc12)C(=O)NC)OC.CCC1(C)CC(=O)N(CCOCCOCCOCCN(C)C(C(=O)N[C@H](C(C)=O)C(C)C)C(C)C)C1=O. The molecule has 2 saturated heterocycles. The van der Waals surface area contributed by atoms with Crippen molar-refractivity contribution in [1.82, 2.24) is 35.6 Å². The fourth-order valence-electron chi connectivity index (χ4n) is 10.5. The van der Waals surface area contributed by atoms with Crippen LogP contribution < -0.4 is 16.0 Å². The molecule has 0 bridgehead atoms. The summed E-state index contributed by atoms with van der Waals surface area (Å²) in [6.45, 7) is 37.1. The minimum absolute atomic E-state index is 0.0294. The molecule has 83 heavy (non-hydrogen) atoms. The van der Waals surface area contributed by atoms with Gasteiger partial charge in [-0.2, -0.15) is 0 Å². The van der Waals surface area contributed by atoms with Gasteiger partial charge in [-0.1, -0.05) is 135 Å². The van der Waals surface area contributed by atoms with E-state index in [1.54, 1.807) is 28.2 Å². The molecule has 2 fully saturated rings. The number of rotatable bonds is 33. The van der Waals surface area contributed by atoms with Crippen LogP contribution in [0.3, 0.4) is 0 Å². The molecule has 4 rings (SSSR count). The van der Waals surface area contributed by atoms with E-state index < -0.39 is 29.5 Å². The summed E-state index contributed by atoms with van der Waals surface area (Å²) in [6, 6.07) is 6.06. The van der Waals surface area contributed by atoms with E-state index in [9.17, 15) is 33.6 Å². The van der Waals surface area contributed by atoms with E-state index in [1.165, 1.54) is 11.8 Å². The number of carbonyl (C=O) groups excluding carboxylic acids is 7. The van der Waals surface area contributed by atoms with Crippen LogP contribution in [0, 0.1) is 35.0 Å². The van der Waals surface area contributed by atoms with Gasteiger partial charge in [-0.3, -0.25) is 43.4 Å². The number of carbonyl (C=O) groups is 7. The molecule has 7 unspecified atom stereocenters. The highest BCUT2D eigenvalue weighted by Crippen LogP contribution is 2.35. The number of hydrogen-bond acceptors (Lipinski definition) is 13. The maximum atomic E-state index is 13.5. The molecule has 2 aliphatic heterocycles. The first-order valence-corrected chi connectivity index (χ1v) is 31.0. The van der Waals surface area contributed by atoms with Crippen molar-refractivity contribution >= 4 is 52.1 Å². The number of amides is 6. The molecule has 3 heterocycles. The van der Waals surface area contributed by atoms with Gasteiger partial charge in [0.05, 0.1) is 94.3 Å². The first-order chi connectivity index (χ1) is 39.5. The van der Waals surface area contributed by atoms with E-state index in [0.29, 0.717) is 77.9 Å². The quantitative estimate of drug-likeness (QED) is 0.0388. The highest BCUT2D eigenvalue weighted by molar-refractivity contribution is 6.05.